The Bertz CT molecular complexity index is 2080. The zero-order valence-electron chi connectivity index (χ0n) is 27.9. The standard InChI is InChI=1S/C39H39N3O6/c1-7-11-28-17-27(19-36(45-8-2)37(28)46-22-26-14-15-33-35(18-26)48-23-47-33)21-40-42-38(41-32-13-10-9-12-29(32)39(42)43)31-20-30(24(3)4)34(44-6)16-25(31)5/h7,9-10,12-21,24H,1,8,11,22-23H2,2-6H3. The number of aromatic nitrogens is 2. The van der Waals surface area contributed by atoms with E-state index >= 15 is 0 Å². The molecule has 0 aliphatic carbocycles. The van der Waals surface area contributed by atoms with Crippen molar-refractivity contribution in [1.29, 1.82) is 0 Å². The highest BCUT2D eigenvalue weighted by Gasteiger charge is 2.20. The molecule has 0 spiro atoms. The summed E-state index contributed by atoms with van der Waals surface area (Å²) in [6.45, 7) is 13.0. The second-order valence-electron chi connectivity index (χ2n) is 11.8. The van der Waals surface area contributed by atoms with Crippen molar-refractivity contribution in [3.05, 3.63) is 118 Å². The average Bonchev–Trinajstić information content (AvgIpc) is 3.55. The van der Waals surface area contributed by atoms with Crippen LogP contribution in [0.2, 0.25) is 0 Å². The van der Waals surface area contributed by atoms with Crippen LogP contribution < -0.4 is 29.2 Å². The van der Waals surface area contributed by atoms with E-state index in [1.54, 1.807) is 19.4 Å². The lowest BCUT2D eigenvalue weighted by Crippen LogP contribution is -2.21. The number of methoxy groups -OCH3 is 1. The number of para-hydroxylation sites is 1. The van der Waals surface area contributed by atoms with Crippen molar-refractivity contribution in [3.8, 4) is 40.1 Å². The van der Waals surface area contributed by atoms with E-state index < -0.39 is 0 Å². The van der Waals surface area contributed by atoms with Gasteiger partial charge >= 0.3 is 0 Å². The summed E-state index contributed by atoms with van der Waals surface area (Å²) < 4.78 is 30.5. The lowest BCUT2D eigenvalue weighted by Gasteiger charge is -2.18. The molecule has 1 aromatic heterocycles. The Morgan fingerprint density at radius 3 is 2.60 bits per heavy atom. The molecule has 6 rings (SSSR count). The first-order chi connectivity index (χ1) is 23.3. The van der Waals surface area contributed by atoms with E-state index in [2.05, 4.69) is 20.4 Å². The SMILES string of the molecule is C=CCc1cc(C=Nn2c(-c3cc(C(C)C)c(OC)cc3C)nc3ccccc3c2=O)cc(OCC)c1OCc1ccc2c(c1)OCO2. The quantitative estimate of drug-likeness (QED) is 0.101. The number of hydrogen-bond acceptors (Lipinski definition) is 8. The molecule has 4 aromatic carbocycles. The maximum absolute atomic E-state index is 14.0. The number of aryl methyl sites for hydroxylation is 1. The van der Waals surface area contributed by atoms with Crippen LogP contribution >= 0.6 is 0 Å². The van der Waals surface area contributed by atoms with Gasteiger partial charge in [-0.05, 0) is 97.0 Å². The summed E-state index contributed by atoms with van der Waals surface area (Å²) >= 11 is 0. The van der Waals surface area contributed by atoms with Gasteiger partial charge in [0.1, 0.15) is 12.4 Å². The number of nitrogens with zero attached hydrogens (tertiary/aromatic N) is 3. The highest BCUT2D eigenvalue weighted by Crippen LogP contribution is 2.37. The van der Waals surface area contributed by atoms with Crippen molar-refractivity contribution in [2.75, 3.05) is 20.5 Å². The summed E-state index contributed by atoms with van der Waals surface area (Å²) in [5.74, 6) is 4.02. The molecule has 0 saturated heterocycles. The number of rotatable bonds is 12. The first kappa shape index (κ1) is 32.4. The summed E-state index contributed by atoms with van der Waals surface area (Å²) in [6.07, 6.45) is 4.00. The van der Waals surface area contributed by atoms with E-state index in [1.807, 2.05) is 80.6 Å². The summed E-state index contributed by atoms with van der Waals surface area (Å²) in [7, 11) is 1.67. The Labute approximate surface area is 280 Å². The number of allylic oxidation sites excluding steroid dienone is 1. The van der Waals surface area contributed by atoms with Crippen LogP contribution in [0.4, 0.5) is 0 Å². The zero-order valence-corrected chi connectivity index (χ0v) is 27.9. The molecule has 9 nitrogen and oxygen atoms in total. The lowest BCUT2D eigenvalue weighted by atomic mass is 9.96. The van der Waals surface area contributed by atoms with Gasteiger partial charge in [-0.15, -0.1) is 6.58 Å². The van der Waals surface area contributed by atoms with Crippen molar-refractivity contribution in [1.82, 2.24) is 9.66 Å². The normalized spacial score (nSPS) is 12.2. The molecule has 246 valence electrons. The average molecular weight is 646 g/mol. The Kier molecular flexibility index (Phi) is 9.48. The zero-order chi connectivity index (χ0) is 33.8. The van der Waals surface area contributed by atoms with E-state index in [9.17, 15) is 4.79 Å². The molecule has 2 heterocycles. The molecule has 0 fully saturated rings. The topological polar surface area (TPSA) is 93.4 Å². The summed E-state index contributed by atoms with van der Waals surface area (Å²) in [4.78, 5) is 18.9. The van der Waals surface area contributed by atoms with E-state index in [0.29, 0.717) is 53.6 Å². The highest BCUT2D eigenvalue weighted by atomic mass is 16.7. The lowest BCUT2D eigenvalue weighted by molar-refractivity contribution is 0.174. The number of hydrogen-bond donors (Lipinski definition) is 0. The van der Waals surface area contributed by atoms with Crippen molar-refractivity contribution in [2.24, 2.45) is 5.10 Å². The molecular formula is C39H39N3O6. The van der Waals surface area contributed by atoms with Gasteiger partial charge in [-0.25, -0.2) is 4.98 Å². The van der Waals surface area contributed by atoms with Crippen LogP contribution in [0.5, 0.6) is 28.7 Å². The molecule has 0 N–H and O–H groups in total. The maximum Gasteiger partial charge on any atom is 0.282 e. The maximum atomic E-state index is 14.0. The number of benzene rings is 4. The molecule has 5 aromatic rings. The smallest absolute Gasteiger partial charge is 0.282 e. The third-order valence-electron chi connectivity index (χ3n) is 8.15. The van der Waals surface area contributed by atoms with Crippen LogP contribution in [0.3, 0.4) is 0 Å². The first-order valence-electron chi connectivity index (χ1n) is 16.0. The fraction of sp³-hybridized carbons (Fsp3) is 0.256. The Morgan fingerprint density at radius 1 is 1.02 bits per heavy atom. The van der Waals surface area contributed by atoms with Crippen molar-refractivity contribution in [3.63, 3.8) is 0 Å². The third kappa shape index (κ3) is 6.49. The summed E-state index contributed by atoms with van der Waals surface area (Å²) in [6, 6.07) is 20.9. The third-order valence-corrected chi connectivity index (χ3v) is 8.15. The van der Waals surface area contributed by atoms with Crippen LogP contribution in [0.15, 0.2) is 89.3 Å². The predicted molar refractivity (Wildman–Crippen MR) is 188 cm³/mol. The molecule has 0 unspecified atom stereocenters. The van der Waals surface area contributed by atoms with Crippen LogP contribution in [0, 0.1) is 6.92 Å². The van der Waals surface area contributed by atoms with E-state index in [4.69, 9.17) is 33.8 Å². The molecule has 9 heteroatoms. The van der Waals surface area contributed by atoms with Crippen LogP contribution in [-0.2, 0) is 13.0 Å². The van der Waals surface area contributed by atoms with E-state index in [1.165, 1.54) is 4.68 Å². The Morgan fingerprint density at radius 2 is 1.83 bits per heavy atom. The van der Waals surface area contributed by atoms with Crippen LogP contribution in [-0.4, -0.2) is 36.4 Å². The van der Waals surface area contributed by atoms with Gasteiger partial charge in [-0.2, -0.15) is 9.78 Å². The molecule has 1 aliphatic heterocycles. The molecule has 48 heavy (non-hydrogen) atoms. The fourth-order valence-corrected chi connectivity index (χ4v) is 5.77. The molecule has 0 bridgehead atoms. The monoisotopic (exact) mass is 645 g/mol. The predicted octanol–water partition coefficient (Wildman–Crippen LogP) is 7.82. The van der Waals surface area contributed by atoms with E-state index in [0.717, 1.165) is 44.9 Å². The fourth-order valence-electron chi connectivity index (χ4n) is 5.77. The molecule has 0 amide bonds. The molecule has 1 aliphatic rings. The van der Waals surface area contributed by atoms with Gasteiger partial charge in [0.15, 0.2) is 28.8 Å². The minimum Gasteiger partial charge on any atom is -0.496 e. The van der Waals surface area contributed by atoms with Gasteiger partial charge in [0.2, 0.25) is 6.79 Å². The summed E-state index contributed by atoms with van der Waals surface area (Å²) in [5.41, 5.74) is 5.59. The summed E-state index contributed by atoms with van der Waals surface area (Å²) in [5, 5.41) is 5.23. The van der Waals surface area contributed by atoms with Crippen molar-refractivity contribution in [2.45, 2.75) is 46.6 Å². The van der Waals surface area contributed by atoms with Gasteiger partial charge in [0.25, 0.3) is 5.56 Å². The van der Waals surface area contributed by atoms with Crippen molar-refractivity contribution < 1.29 is 23.7 Å². The van der Waals surface area contributed by atoms with Crippen LogP contribution in [0.25, 0.3) is 22.3 Å². The molecule has 0 atom stereocenters. The molecular weight excluding hydrogens is 606 g/mol. The number of fused-ring (bicyclic) bond motifs is 2. The molecule has 0 saturated carbocycles. The van der Waals surface area contributed by atoms with Gasteiger partial charge < -0.3 is 23.7 Å². The van der Waals surface area contributed by atoms with Crippen molar-refractivity contribution >= 4 is 17.1 Å². The second-order valence-corrected chi connectivity index (χ2v) is 11.8. The second kappa shape index (κ2) is 14.0. The first-order valence-corrected chi connectivity index (χ1v) is 16.0. The largest absolute Gasteiger partial charge is 0.496 e. The molecule has 0 radical (unpaired) electrons. The number of ether oxygens (including phenoxy) is 5. The van der Waals surface area contributed by atoms with E-state index in [-0.39, 0.29) is 18.3 Å². The highest BCUT2D eigenvalue weighted by molar-refractivity contribution is 5.83. The minimum absolute atomic E-state index is 0.189. The van der Waals surface area contributed by atoms with Crippen LogP contribution in [0.1, 0.15) is 54.5 Å². The Balaban J connectivity index is 1.43. The van der Waals surface area contributed by atoms with Gasteiger partial charge in [-0.1, -0.05) is 38.1 Å². The minimum atomic E-state index is -0.270. The van der Waals surface area contributed by atoms with Gasteiger partial charge in [-0.3, -0.25) is 4.79 Å². The van der Waals surface area contributed by atoms with Gasteiger partial charge in [0.05, 0.1) is 30.8 Å². The Hall–Kier alpha value is -5.57. The van der Waals surface area contributed by atoms with Gasteiger partial charge in [0, 0.05) is 11.1 Å².